The van der Waals surface area contributed by atoms with E-state index in [4.69, 9.17) is 15.7 Å². The molecule has 0 aliphatic carbocycles. The zero-order chi connectivity index (χ0) is 13.5. The number of hydrogen-bond donors (Lipinski definition) is 0. The number of carbonyl (C=O) groups excluding carboxylic acids is 1. The van der Waals surface area contributed by atoms with Crippen molar-refractivity contribution in [2.45, 2.75) is 12.8 Å². The van der Waals surface area contributed by atoms with Crippen LogP contribution in [0.2, 0.25) is 0 Å². The van der Waals surface area contributed by atoms with Crippen molar-refractivity contribution < 1.29 is 14.1 Å². The Morgan fingerprint density at radius 3 is 2.89 bits per heavy atom. The van der Waals surface area contributed by atoms with Crippen LogP contribution >= 0.6 is 0 Å². The van der Waals surface area contributed by atoms with Crippen LogP contribution in [-0.2, 0) is 16.0 Å². The first-order valence-electron chi connectivity index (χ1n) is 5.76. The normalized spacial score (nSPS) is 9.84. The van der Waals surface area contributed by atoms with Crippen LogP contribution in [0.15, 0.2) is 34.9 Å². The van der Waals surface area contributed by atoms with E-state index < -0.39 is 0 Å². The third-order valence-electron chi connectivity index (χ3n) is 2.36. The molecule has 0 amide bonds. The quantitative estimate of drug-likeness (QED) is 0.603. The molecular formula is C14H12N2O3. The first kappa shape index (κ1) is 12.8. The number of benzene rings is 1. The minimum atomic E-state index is -0.377. The Bertz CT molecular complexity index is 584. The van der Waals surface area contributed by atoms with Gasteiger partial charge in [0, 0.05) is 12.0 Å². The molecule has 0 bridgehead atoms. The van der Waals surface area contributed by atoms with Crippen molar-refractivity contribution in [3.05, 3.63) is 36.2 Å². The number of ether oxygens (including phenoxy) is 1. The summed E-state index contributed by atoms with van der Waals surface area (Å²) in [5, 5.41) is 3.86. The minimum Gasteiger partial charge on any atom is -0.452 e. The fourth-order valence-electron chi connectivity index (χ4n) is 1.46. The summed E-state index contributed by atoms with van der Waals surface area (Å²) in [7, 11) is 0. The molecule has 1 aromatic carbocycles. The van der Waals surface area contributed by atoms with E-state index in [-0.39, 0.29) is 19.0 Å². The molecule has 0 unspecified atom stereocenters. The number of esters is 1. The van der Waals surface area contributed by atoms with Crippen molar-refractivity contribution in [2.24, 2.45) is 0 Å². The van der Waals surface area contributed by atoms with E-state index in [1.807, 2.05) is 30.3 Å². The maximum absolute atomic E-state index is 11.2. The van der Waals surface area contributed by atoms with Gasteiger partial charge >= 0.3 is 5.97 Å². The van der Waals surface area contributed by atoms with Gasteiger partial charge in [-0.15, -0.1) is 6.42 Å². The van der Waals surface area contributed by atoms with Crippen LogP contribution in [-0.4, -0.2) is 22.7 Å². The minimum absolute atomic E-state index is 0.0159. The molecule has 96 valence electrons. The fraction of sp³-hybridized carbons (Fsp3) is 0.214. The number of aryl methyl sites for hydroxylation is 1. The van der Waals surface area contributed by atoms with E-state index in [1.165, 1.54) is 0 Å². The fourth-order valence-corrected chi connectivity index (χ4v) is 1.46. The summed E-state index contributed by atoms with van der Waals surface area (Å²) in [6.07, 6.45) is 5.49. The average Bonchev–Trinajstić information content (AvgIpc) is 2.93. The Morgan fingerprint density at radius 2 is 2.16 bits per heavy atom. The van der Waals surface area contributed by atoms with Gasteiger partial charge in [-0.3, -0.25) is 4.79 Å². The Balaban J connectivity index is 1.92. The van der Waals surface area contributed by atoms with Gasteiger partial charge in [0.2, 0.25) is 11.7 Å². The zero-order valence-electron chi connectivity index (χ0n) is 10.2. The molecule has 0 saturated carbocycles. The molecular weight excluding hydrogens is 244 g/mol. The van der Waals surface area contributed by atoms with Gasteiger partial charge in [-0.2, -0.15) is 4.98 Å². The first-order chi connectivity index (χ1) is 9.29. The van der Waals surface area contributed by atoms with Gasteiger partial charge in [0.05, 0.1) is 6.42 Å². The number of terminal acetylenes is 1. The monoisotopic (exact) mass is 256 g/mol. The summed E-state index contributed by atoms with van der Waals surface area (Å²) in [5.74, 6) is 2.76. The maximum atomic E-state index is 11.2. The van der Waals surface area contributed by atoms with Gasteiger partial charge in [0.1, 0.15) is 0 Å². The highest BCUT2D eigenvalue weighted by Gasteiger charge is 2.10. The SMILES string of the molecule is C#CCOC(=O)CCc1nc(-c2ccccc2)no1. The predicted octanol–water partition coefficient (Wildman–Crippen LogP) is 1.85. The highest BCUT2D eigenvalue weighted by atomic mass is 16.5. The second-order valence-electron chi connectivity index (χ2n) is 3.74. The largest absolute Gasteiger partial charge is 0.452 e. The molecule has 0 aliphatic heterocycles. The van der Waals surface area contributed by atoms with Crippen LogP contribution in [0, 0.1) is 12.3 Å². The van der Waals surface area contributed by atoms with Crippen LogP contribution in [0.25, 0.3) is 11.4 Å². The van der Waals surface area contributed by atoms with E-state index in [2.05, 4.69) is 16.1 Å². The zero-order valence-corrected chi connectivity index (χ0v) is 10.2. The molecule has 2 rings (SSSR count). The maximum Gasteiger partial charge on any atom is 0.307 e. The second kappa shape index (κ2) is 6.36. The summed E-state index contributed by atoms with van der Waals surface area (Å²) in [5.41, 5.74) is 0.868. The summed E-state index contributed by atoms with van der Waals surface area (Å²) in [6.45, 7) is -0.0159. The van der Waals surface area contributed by atoms with Crippen LogP contribution in [0.3, 0.4) is 0 Å². The molecule has 2 aromatic rings. The van der Waals surface area contributed by atoms with E-state index in [0.29, 0.717) is 18.1 Å². The summed E-state index contributed by atoms with van der Waals surface area (Å²) >= 11 is 0. The van der Waals surface area contributed by atoms with Crippen LogP contribution in [0.4, 0.5) is 0 Å². The lowest BCUT2D eigenvalue weighted by Crippen LogP contribution is -2.05. The Hall–Kier alpha value is -2.61. The molecule has 5 nitrogen and oxygen atoms in total. The van der Waals surface area contributed by atoms with Crippen molar-refractivity contribution in [1.29, 1.82) is 0 Å². The van der Waals surface area contributed by atoms with Gasteiger partial charge in [0.15, 0.2) is 6.61 Å². The number of aromatic nitrogens is 2. The first-order valence-corrected chi connectivity index (χ1v) is 5.76. The van der Waals surface area contributed by atoms with Gasteiger partial charge in [-0.1, -0.05) is 41.4 Å². The number of hydrogen-bond acceptors (Lipinski definition) is 5. The Labute approximate surface area is 110 Å². The van der Waals surface area contributed by atoms with E-state index in [9.17, 15) is 4.79 Å². The number of carbonyl (C=O) groups is 1. The van der Waals surface area contributed by atoms with Crippen LogP contribution in [0.5, 0.6) is 0 Å². The van der Waals surface area contributed by atoms with E-state index in [1.54, 1.807) is 0 Å². The molecule has 0 radical (unpaired) electrons. The van der Waals surface area contributed by atoms with Crippen molar-refractivity contribution >= 4 is 5.97 Å². The molecule has 0 saturated heterocycles. The van der Waals surface area contributed by atoms with Gasteiger partial charge in [0.25, 0.3) is 0 Å². The lowest BCUT2D eigenvalue weighted by atomic mass is 10.2. The molecule has 0 N–H and O–H groups in total. The van der Waals surface area contributed by atoms with Gasteiger partial charge in [-0.25, -0.2) is 0 Å². The van der Waals surface area contributed by atoms with E-state index >= 15 is 0 Å². The summed E-state index contributed by atoms with van der Waals surface area (Å²) < 4.78 is 9.80. The molecule has 0 spiro atoms. The smallest absolute Gasteiger partial charge is 0.307 e. The molecule has 19 heavy (non-hydrogen) atoms. The molecule has 0 aliphatic rings. The lowest BCUT2D eigenvalue weighted by Gasteiger charge is -1.97. The third-order valence-corrected chi connectivity index (χ3v) is 2.36. The number of nitrogens with zero attached hydrogens (tertiary/aromatic N) is 2. The topological polar surface area (TPSA) is 65.2 Å². The second-order valence-corrected chi connectivity index (χ2v) is 3.74. The third kappa shape index (κ3) is 3.68. The van der Waals surface area contributed by atoms with Gasteiger partial charge < -0.3 is 9.26 Å². The predicted molar refractivity (Wildman–Crippen MR) is 67.8 cm³/mol. The molecule has 0 fully saturated rings. The van der Waals surface area contributed by atoms with Crippen molar-refractivity contribution in [3.63, 3.8) is 0 Å². The highest BCUT2D eigenvalue weighted by molar-refractivity contribution is 5.69. The van der Waals surface area contributed by atoms with Crippen LogP contribution in [0.1, 0.15) is 12.3 Å². The van der Waals surface area contributed by atoms with Crippen molar-refractivity contribution in [3.8, 4) is 23.7 Å². The standard InChI is InChI=1S/C14H12N2O3/c1-2-10-18-13(17)9-8-12-15-14(16-19-12)11-6-4-3-5-7-11/h1,3-7H,8-10H2. The van der Waals surface area contributed by atoms with Crippen LogP contribution < -0.4 is 0 Å². The molecule has 5 heteroatoms. The highest BCUT2D eigenvalue weighted by Crippen LogP contribution is 2.15. The Morgan fingerprint density at radius 1 is 1.37 bits per heavy atom. The molecule has 1 heterocycles. The number of rotatable bonds is 5. The lowest BCUT2D eigenvalue weighted by molar-refractivity contribution is -0.142. The van der Waals surface area contributed by atoms with Crippen molar-refractivity contribution in [2.75, 3.05) is 6.61 Å². The average molecular weight is 256 g/mol. The van der Waals surface area contributed by atoms with E-state index in [0.717, 1.165) is 5.56 Å². The molecule has 1 aromatic heterocycles. The van der Waals surface area contributed by atoms with Gasteiger partial charge in [-0.05, 0) is 0 Å². The molecule has 0 atom stereocenters. The summed E-state index contributed by atoms with van der Waals surface area (Å²) in [6, 6.07) is 9.46. The Kier molecular flexibility index (Phi) is 4.29. The summed E-state index contributed by atoms with van der Waals surface area (Å²) in [4.78, 5) is 15.5. The van der Waals surface area contributed by atoms with Crippen molar-refractivity contribution in [1.82, 2.24) is 10.1 Å².